The highest BCUT2D eigenvalue weighted by Crippen LogP contribution is 2.36. The maximum absolute atomic E-state index is 4.80. The first-order chi connectivity index (χ1) is 15.3. The molecule has 2 fully saturated rings. The Morgan fingerprint density at radius 2 is 1.84 bits per heavy atom. The van der Waals surface area contributed by atoms with Crippen LogP contribution in [0.3, 0.4) is 0 Å². The lowest BCUT2D eigenvalue weighted by Gasteiger charge is -2.43. The van der Waals surface area contributed by atoms with E-state index < -0.39 is 0 Å². The minimum absolute atomic E-state index is 0.527. The highest BCUT2D eigenvalue weighted by Gasteiger charge is 2.33. The Kier molecular flexibility index (Phi) is 4.69. The SMILES string of the molecule is CN(c1cnc(-c2ccc(-c3cn[nH]c3)c3ncsc23)cn1)C1C[C@@H]2CCC[C@@H](C1)N2. The molecule has 31 heavy (non-hydrogen) atoms. The second kappa shape index (κ2) is 7.69. The Bertz CT molecular complexity index is 1170. The van der Waals surface area contributed by atoms with Crippen LogP contribution in [0.25, 0.3) is 32.6 Å². The van der Waals surface area contributed by atoms with Crippen molar-refractivity contribution in [3.63, 3.8) is 0 Å². The number of benzene rings is 1. The number of rotatable bonds is 4. The van der Waals surface area contributed by atoms with Gasteiger partial charge in [-0.1, -0.05) is 18.6 Å². The smallest absolute Gasteiger partial charge is 0.147 e. The lowest BCUT2D eigenvalue weighted by Crippen LogP contribution is -2.54. The number of thiazole rings is 1. The Balaban J connectivity index is 1.28. The molecule has 0 spiro atoms. The normalized spacial score (nSPS) is 23.2. The van der Waals surface area contributed by atoms with Crippen LogP contribution in [0.2, 0.25) is 0 Å². The number of hydrogen-bond acceptors (Lipinski definition) is 7. The van der Waals surface area contributed by atoms with Crippen LogP contribution in [0.4, 0.5) is 5.82 Å². The molecule has 0 saturated carbocycles. The first-order valence-corrected chi connectivity index (χ1v) is 11.8. The minimum Gasteiger partial charge on any atom is -0.355 e. The Hall–Kier alpha value is -2.84. The second-order valence-corrected chi connectivity index (χ2v) is 9.52. The number of anilines is 1. The molecule has 4 aromatic rings. The van der Waals surface area contributed by atoms with E-state index in [9.17, 15) is 0 Å². The molecule has 5 heterocycles. The summed E-state index contributed by atoms with van der Waals surface area (Å²) in [6.45, 7) is 0. The van der Waals surface area contributed by atoms with Crippen molar-refractivity contribution in [2.24, 2.45) is 0 Å². The number of aromatic amines is 1. The molecule has 8 heteroatoms. The summed E-state index contributed by atoms with van der Waals surface area (Å²) in [5.41, 5.74) is 6.94. The Morgan fingerprint density at radius 1 is 1.00 bits per heavy atom. The van der Waals surface area contributed by atoms with Crippen LogP contribution in [0, 0.1) is 0 Å². The maximum Gasteiger partial charge on any atom is 0.147 e. The zero-order valence-electron chi connectivity index (χ0n) is 17.5. The number of fused-ring (bicyclic) bond motifs is 3. The first-order valence-electron chi connectivity index (χ1n) is 10.9. The fraction of sp³-hybridized carbons (Fsp3) is 0.391. The van der Waals surface area contributed by atoms with E-state index in [2.05, 4.69) is 44.6 Å². The van der Waals surface area contributed by atoms with Crippen LogP contribution in [0.1, 0.15) is 32.1 Å². The summed E-state index contributed by atoms with van der Waals surface area (Å²) < 4.78 is 1.13. The zero-order valence-corrected chi connectivity index (χ0v) is 18.3. The summed E-state index contributed by atoms with van der Waals surface area (Å²) in [5.74, 6) is 0.948. The van der Waals surface area contributed by atoms with Crippen molar-refractivity contribution in [3.05, 3.63) is 42.4 Å². The van der Waals surface area contributed by atoms with Gasteiger partial charge in [-0.05, 0) is 25.7 Å². The van der Waals surface area contributed by atoms with Crippen LogP contribution in [0.15, 0.2) is 42.4 Å². The molecule has 0 amide bonds. The fourth-order valence-corrected chi connectivity index (χ4v) is 6.00. The van der Waals surface area contributed by atoms with Crippen LogP contribution in [-0.4, -0.2) is 50.3 Å². The number of nitrogens with one attached hydrogen (secondary N) is 2. The van der Waals surface area contributed by atoms with Gasteiger partial charge in [-0.3, -0.25) is 10.1 Å². The molecule has 2 bridgehead atoms. The van der Waals surface area contributed by atoms with Crippen molar-refractivity contribution in [2.45, 2.75) is 50.2 Å². The van der Waals surface area contributed by atoms with E-state index in [0.29, 0.717) is 18.1 Å². The number of nitrogens with zero attached hydrogens (tertiary/aromatic N) is 5. The van der Waals surface area contributed by atoms with Gasteiger partial charge >= 0.3 is 0 Å². The van der Waals surface area contributed by atoms with Crippen molar-refractivity contribution < 1.29 is 0 Å². The molecule has 2 aliphatic rings. The highest BCUT2D eigenvalue weighted by molar-refractivity contribution is 7.17. The van der Waals surface area contributed by atoms with E-state index in [1.54, 1.807) is 11.3 Å². The summed E-state index contributed by atoms with van der Waals surface area (Å²) in [7, 11) is 2.16. The largest absolute Gasteiger partial charge is 0.355 e. The van der Waals surface area contributed by atoms with E-state index in [0.717, 1.165) is 38.4 Å². The molecule has 0 aliphatic carbocycles. The zero-order chi connectivity index (χ0) is 20.8. The lowest BCUT2D eigenvalue weighted by atomic mass is 9.83. The molecule has 0 radical (unpaired) electrons. The predicted octanol–water partition coefficient (Wildman–Crippen LogP) is 4.25. The Labute approximate surface area is 185 Å². The topological polar surface area (TPSA) is 82.6 Å². The molecule has 158 valence electrons. The third-order valence-electron chi connectivity index (χ3n) is 6.81. The summed E-state index contributed by atoms with van der Waals surface area (Å²) in [5, 5.41) is 10.7. The van der Waals surface area contributed by atoms with Crippen LogP contribution >= 0.6 is 11.3 Å². The average molecular weight is 432 g/mol. The molecular weight excluding hydrogens is 406 g/mol. The van der Waals surface area contributed by atoms with Gasteiger partial charge in [0.05, 0.1) is 40.0 Å². The molecule has 2 N–H and O–H groups in total. The standard InChI is InChI=1S/C23H25N7S/c1-30(17-7-15-3-2-4-16(8-17)29-15)21-12-24-20(11-25-21)19-6-5-18(14-9-27-28-10-14)22-23(19)31-13-26-22/h5-6,9-13,15-17,29H,2-4,7-8H2,1H3,(H,27,28)/t15-,16-/m0/s1. The van der Waals surface area contributed by atoms with Gasteiger partial charge in [0.1, 0.15) is 5.82 Å². The monoisotopic (exact) mass is 431 g/mol. The van der Waals surface area contributed by atoms with Gasteiger partial charge in [0.15, 0.2) is 0 Å². The molecule has 6 rings (SSSR count). The van der Waals surface area contributed by atoms with Crippen LogP contribution in [0.5, 0.6) is 0 Å². The van der Waals surface area contributed by atoms with Gasteiger partial charge in [-0.2, -0.15) is 5.10 Å². The lowest BCUT2D eigenvalue weighted by molar-refractivity contribution is 0.219. The summed E-state index contributed by atoms with van der Waals surface area (Å²) >= 11 is 1.64. The third kappa shape index (κ3) is 3.40. The van der Waals surface area contributed by atoms with Crippen molar-refractivity contribution in [1.82, 2.24) is 30.5 Å². The van der Waals surface area contributed by atoms with Gasteiger partial charge in [-0.15, -0.1) is 11.3 Å². The van der Waals surface area contributed by atoms with E-state index in [1.165, 1.54) is 32.1 Å². The highest BCUT2D eigenvalue weighted by atomic mass is 32.1. The molecular formula is C23H25N7S. The molecule has 1 aromatic carbocycles. The first kappa shape index (κ1) is 18.9. The van der Waals surface area contributed by atoms with Gasteiger partial charge in [0.25, 0.3) is 0 Å². The van der Waals surface area contributed by atoms with Gasteiger partial charge < -0.3 is 10.2 Å². The molecule has 2 atom stereocenters. The van der Waals surface area contributed by atoms with E-state index in [4.69, 9.17) is 9.97 Å². The summed E-state index contributed by atoms with van der Waals surface area (Å²) in [6.07, 6.45) is 13.9. The van der Waals surface area contributed by atoms with Crippen molar-refractivity contribution in [2.75, 3.05) is 11.9 Å². The quantitative estimate of drug-likeness (QED) is 0.503. The third-order valence-corrected chi connectivity index (χ3v) is 7.67. The number of aromatic nitrogens is 5. The number of H-pyrrole nitrogens is 1. The summed E-state index contributed by atoms with van der Waals surface area (Å²) in [4.78, 5) is 16.5. The number of piperidine rings is 2. The van der Waals surface area contributed by atoms with Crippen molar-refractivity contribution >= 4 is 27.4 Å². The fourth-order valence-electron chi connectivity index (χ4n) is 5.16. The molecule has 7 nitrogen and oxygen atoms in total. The van der Waals surface area contributed by atoms with Gasteiger partial charge in [0, 0.05) is 48.1 Å². The number of hydrogen-bond donors (Lipinski definition) is 2. The Morgan fingerprint density at radius 3 is 2.58 bits per heavy atom. The molecule has 3 aromatic heterocycles. The van der Waals surface area contributed by atoms with Gasteiger partial charge in [0.2, 0.25) is 0 Å². The minimum atomic E-state index is 0.527. The van der Waals surface area contributed by atoms with Crippen LogP contribution < -0.4 is 10.2 Å². The molecule has 0 unspecified atom stereocenters. The van der Waals surface area contributed by atoms with Crippen molar-refractivity contribution in [1.29, 1.82) is 0 Å². The summed E-state index contributed by atoms with van der Waals surface area (Å²) in [6, 6.07) is 6.04. The predicted molar refractivity (Wildman–Crippen MR) is 124 cm³/mol. The van der Waals surface area contributed by atoms with E-state index >= 15 is 0 Å². The average Bonchev–Trinajstić information content (AvgIpc) is 3.50. The van der Waals surface area contributed by atoms with Crippen LogP contribution in [-0.2, 0) is 0 Å². The molecule has 2 saturated heterocycles. The second-order valence-electron chi connectivity index (χ2n) is 8.67. The van der Waals surface area contributed by atoms with E-state index in [1.807, 2.05) is 30.3 Å². The maximum atomic E-state index is 4.80. The van der Waals surface area contributed by atoms with E-state index in [-0.39, 0.29) is 0 Å². The van der Waals surface area contributed by atoms with Crippen molar-refractivity contribution in [3.8, 4) is 22.4 Å². The van der Waals surface area contributed by atoms with Gasteiger partial charge in [-0.25, -0.2) is 9.97 Å². The molecule has 2 aliphatic heterocycles.